The monoisotopic (exact) mass is 288 g/mol. The molecule has 2 fully saturated rings. The summed E-state index contributed by atoms with van der Waals surface area (Å²) in [7, 11) is 1.70. The number of aromatic amines is 1. The lowest BCUT2D eigenvalue weighted by atomic mass is 9.92. The van der Waals surface area contributed by atoms with Gasteiger partial charge in [-0.15, -0.1) is 0 Å². The molecular formula is C14H16N4O3. The van der Waals surface area contributed by atoms with Crippen LogP contribution in [0.2, 0.25) is 0 Å². The van der Waals surface area contributed by atoms with E-state index in [0.29, 0.717) is 30.9 Å². The molecule has 0 radical (unpaired) electrons. The van der Waals surface area contributed by atoms with Gasteiger partial charge in [0.05, 0.1) is 18.7 Å². The number of hydrogen-bond acceptors (Lipinski definition) is 4. The van der Waals surface area contributed by atoms with Crippen molar-refractivity contribution in [2.24, 2.45) is 0 Å². The normalized spacial score (nSPS) is 25.0. The lowest BCUT2D eigenvalue weighted by Crippen LogP contribution is -2.52. The Bertz CT molecular complexity index is 632. The topological polar surface area (TPSA) is 89.4 Å². The van der Waals surface area contributed by atoms with Crippen LogP contribution in [0.3, 0.4) is 0 Å². The van der Waals surface area contributed by atoms with Crippen LogP contribution >= 0.6 is 0 Å². The van der Waals surface area contributed by atoms with E-state index in [0.717, 1.165) is 12.8 Å². The molecule has 0 aromatic carbocycles. The molecule has 110 valence electrons. The average Bonchev–Trinajstić information content (AvgIpc) is 3.04. The summed E-state index contributed by atoms with van der Waals surface area (Å²) in [6, 6.07) is 3.53. The van der Waals surface area contributed by atoms with Crippen LogP contribution in [0, 0.1) is 11.3 Å². The fourth-order valence-corrected chi connectivity index (χ4v) is 3.03. The molecule has 2 aliphatic heterocycles. The highest BCUT2D eigenvalue weighted by molar-refractivity contribution is 5.93. The van der Waals surface area contributed by atoms with Crippen LogP contribution in [-0.4, -0.2) is 59.1 Å². The maximum absolute atomic E-state index is 12.5. The van der Waals surface area contributed by atoms with E-state index in [1.54, 1.807) is 11.9 Å². The van der Waals surface area contributed by atoms with Crippen molar-refractivity contribution in [2.45, 2.75) is 18.4 Å². The molecule has 7 nitrogen and oxygen atoms in total. The minimum Gasteiger partial charge on any atom is -0.439 e. The second kappa shape index (κ2) is 4.81. The van der Waals surface area contributed by atoms with Gasteiger partial charge >= 0.3 is 6.09 Å². The maximum Gasteiger partial charge on any atom is 0.410 e. The lowest BCUT2D eigenvalue weighted by Gasteiger charge is -2.38. The van der Waals surface area contributed by atoms with Crippen LogP contribution in [0.15, 0.2) is 12.3 Å². The largest absolute Gasteiger partial charge is 0.439 e. The van der Waals surface area contributed by atoms with E-state index < -0.39 is 5.60 Å². The van der Waals surface area contributed by atoms with Gasteiger partial charge in [0.1, 0.15) is 17.4 Å². The molecule has 21 heavy (non-hydrogen) atoms. The summed E-state index contributed by atoms with van der Waals surface area (Å²) in [6.45, 7) is 1.52. The highest BCUT2D eigenvalue weighted by Crippen LogP contribution is 2.31. The molecule has 1 atom stereocenters. The highest BCUT2D eigenvalue weighted by Gasteiger charge is 2.47. The molecule has 2 amide bonds. The minimum absolute atomic E-state index is 0.166. The third-order valence-electron chi connectivity index (χ3n) is 4.01. The number of amides is 2. The van der Waals surface area contributed by atoms with Crippen molar-refractivity contribution in [2.75, 3.05) is 26.7 Å². The van der Waals surface area contributed by atoms with E-state index in [9.17, 15) is 9.59 Å². The quantitative estimate of drug-likeness (QED) is 0.833. The zero-order valence-corrected chi connectivity index (χ0v) is 11.8. The molecule has 1 unspecified atom stereocenters. The van der Waals surface area contributed by atoms with Gasteiger partial charge in [0, 0.05) is 19.8 Å². The summed E-state index contributed by atoms with van der Waals surface area (Å²) < 4.78 is 5.48. The lowest BCUT2D eigenvalue weighted by molar-refractivity contribution is -0.00538. The Labute approximate surface area is 122 Å². The molecule has 0 saturated carbocycles. The Morgan fingerprint density at radius 1 is 1.52 bits per heavy atom. The van der Waals surface area contributed by atoms with Crippen molar-refractivity contribution in [3.63, 3.8) is 0 Å². The number of H-pyrrole nitrogens is 1. The zero-order valence-electron chi connectivity index (χ0n) is 11.8. The number of carbonyl (C=O) groups excluding carboxylic acids is 2. The number of nitrogens with zero attached hydrogens (tertiary/aromatic N) is 3. The number of likely N-dealkylation sites (tertiary alicyclic amines) is 1. The molecule has 2 aliphatic rings. The maximum atomic E-state index is 12.5. The first kappa shape index (κ1) is 13.5. The van der Waals surface area contributed by atoms with Crippen LogP contribution < -0.4 is 0 Å². The summed E-state index contributed by atoms with van der Waals surface area (Å²) >= 11 is 0. The molecule has 0 bridgehead atoms. The first-order valence-electron chi connectivity index (χ1n) is 6.85. The summed E-state index contributed by atoms with van der Waals surface area (Å²) in [5.74, 6) is -0.166. The highest BCUT2D eigenvalue weighted by atomic mass is 16.6. The molecule has 2 saturated heterocycles. The van der Waals surface area contributed by atoms with Crippen LogP contribution in [0.5, 0.6) is 0 Å². The number of rotatable bonds is 1. The van der Waals surface area contributed by atoms with Crippen LogP contribution in [0.1, 0.15) is 28.9 Å². The van der Waals surface area contributed by atoms with Crippen molar-refractivity contribution < 1.29 is 14.3 Å². The van der Waals surface area contributed by atoms with Crippen molar-refractivity contribution >= 4 is 12.0 Å². The van der Waals surface area contributed by atoms with Gasteiger partial charge in [-0.05, 0) is 18.9 Å². The Balaban J connectivity index is 1.76. The second-order valence-electron chi connectivity index (χ2n) is 5.65. The summed E-state index contributed by atoms with van der Waals surface area (Å²) in [6.07, 6.45) is 2.73. The Morgan fingerprint density at radius 2 is 2.33 bits per heavy atom. The van der Waals surface area contributed by atoms with Crippen molar-refractivity contribution in [3.8, 4) is 6.07 Å². The van der Waals surface area contributed by atoms with Crippen LogP contribution in [0.4, 0.5) is 4.79 Å². The van der Waals surface area contributed by atoms with Crippen molar-refractivity contribution in [1.29, 1.82) is 5.26 Å². The average molecular weight is 288 g/mol. The first-order valence-corrected chi connectivity index (χ1v) is 6.85. The second-order valence-corrected chi connectivity index (χ2v) is 5.65. The molecule has 0 aliphatic carbocycles. The minimum atomic E-state index is -0.593. The van der Waals surface area contributed by atoms with Gasteiger partial charge in [0.2, 0.25) is 0 Å². The van der Waals surface area contributed by atoms with E-state index >= 15 is 0 Å². The summed E-state index contributed by atoms with van der Waals surface area (Å²) in [5.41, 5.74) is 0.225. The van der Waals surface area contributed by atoms with Crippen molar-refractivity contribution in [3.05, 3.63) is 23.5 Å². The predicted molar refractivity (Wildman–Crippen MR) is 72.5 cm³/mol. The number of nitrogens with one attached hydrogen (secondary N) is 1. The number of ether oxygens (including phenoxy) is 1. The van der Waals surface area contributed by atoms with Gasteiger partial charge in [0.15, 0.2) is 0 Å². The molecule has 7 heteroatoms. The summed E-state index contributed by atoms with van der Waals surface area (Å²) in [4.78, 5) is 30.1. The third-order valence-corrected chi connectivity index (χ3v) is 4.01. The van der Waals surface area contributed by atoms with E-state index in [-0.39, 0.29) is 12.0 Å². The van der Waals surface area contributed by atoms with Gasteiger partial charge in [-0.3, -0.25) is 4.79 Å². The van der Waals surface area contributed by atoms with Crippen molar-refractivity contribution in [1.82, 2.24) is 14.8 Å². The van der Waals surface area contributed by atoms with Gasteiger partial charge in [0.25, 0.3) is 5.91 Å². The molecule has 3 heterocycles. The van der Waals surface area contributed by atoms with E-state index in [2.05, 4.69) is 4.98 Å². The molecule has 3 rings (SSSR count). The number of hydrogen-bond donors (Lipinski definition) is 1. The summed E-state index contributed by atoms with van der Waals surface area (Å²) in [5, 5.41) is 8.81. The number of carbonyl (C=O) groups is 2. The first-order chi connectivity index (χ1) is 10.0. The number of piperidine rings is 1. The van der Waals surface area contributed by atoms with Gasteiger partial charge < -0.3 is 19.5 Å². The van der Waals surface area contributed by atoms with Gasteiger partial charge in [-0.1, -0.05) is 0 Å². The van der Waals surface area contributed by atoms with E-state index in [1.807, 2.05) is 6.07 Å². The smallest absolute Gasteiger partial charge is 0.410 e. The molecule has 1 aromatic rings. The molecular weight excluding hydrogens is 272 g/mol. The van der Waals surface area contributed by atoms with Crippen LogP contribution in [0.25, 0.3) is 0 Å². The Hall–Kier alpha value is -2.49. The van der Waals surface area contributed by atoms with E-state index in [1.165, 1.54) is 17.2 Å². The number of aromatic nitrogens is 1. The fourth-order valence-electron chi connectivity index (χ4n) is 3.03. The zero-order chi connectivity index (χ0) is 15.0. The SMILES string of the molecule is CN1CC2(CCCN(C(=O)c3cc(C#N)c[nH]3)C2)OC1=O. The Kier molecular flexibility index (Phi) is 3.09. The number of nitriles is 1. The fraction of sp³-hybridized carbons (Fsp3) is 0.500. The van der Waals surface area contributed by atoms with Gasteiger partial charge in [-0.2, -0.15) is 5.26 Å². The van der Waals surface area contributed by atoms with Gasteiger partial charge in [-0.25, -0.2) is 4.79 Å². The molecule has 1 spiro atoms. The third kappa shape index (κ3) is 2.33. The predicted octanol–water partition coefficient (Wildman–Crippen LogP) is 0.943. The molecule has 1 N–H and O–H groups in total. The number of likely N-dealkylation sites (N-methyl/N-ethyl adjacent to an activating group) is 1. The Morgan fingerprint density at radius 3 is 2.95 bits per heavy atom. The van der Waals surface area contributed by atoms with E-state index in [4.69, 9.17) is 10.00 Å². The van der Waals surface area contributed by atoms with Crippen LogP contribution in [-0.2, 0) is 4.74 Å². The molecule has 1 aromatic heterocycles. The standard InChI is InChI=1S/C14H16N4O3/c1-17-8-14(21-13(17)20)3-2-4-18(9-14)12(19)11-5-10(6-15)7-16-11/h5,7,16H,2-4,8-9H2,1H3.